The minimum Gasteiger partial charge on any atom is -0.480 e. The van der Waals surface area contributed by atoms with Crippen molar-refractivity contribution in [1.29, 1.82) is 0 Å². The zero-order valence-electron chi connectivity index (χ0n) is 21.2. The van der Waals surface area contributed by atoms with Crippen LogP contribution >= 0.6 is 0 Å². The minimum atomic E-state index is -0.548. The summed E-state index contributed by atoms with van der Waals surface area (Å²) in [5.74, 6) is -0.183. The standard InChI is InChI=1S/C29H35N3O4/c1-4-32(5-2)20-12-19-30-29(34)31-24-17-18-26(25(21-24)28(33)35-3)36-27(22-13-8-6-9-14-22)23-15-10-7-11-16-23/h6-11,13-18,21,27H,4-5,12,19-20H2,1-3H3,(H2,30,31,34). The zero-order chi connectivity index (χ0) is 25.8. The Kier molecular flexibility index (Phi) is 10.3. The Hall–Kier alpha value is -3.84. The number of ether oxygens (including phenoxy) is 2. The number of benzene rings is 3. The van der Waals surface area contributed by atoms with Crippen LogP contribution < -0.4 is 15.4 Å². The van der Waals surface area contributed by atoms with Gasteiger partial charge >= 0.3 is 12.0 Å². The van der Waals surface area contributed by atoms with Crippen LogP contribution in [0.25, 0.3) is 0 Å². The van der Waals surface area contributed by atoms with Crippen molar-refractivity contribution in [3.8, 4) is 5.75 Å². The molecule has 0 saturated carbocycles. The van der Waals surface area contributed by atoms with E-state index < -0.39 is 12.1 Å². The van der Waals surface area contributed by atoms with E-state index in [-0.39, 0.29) is 11.6 Å². The van der Waals surface area contributed by atoms with Crippen LogP contribution in [0.2, 0.25) is 0 Å². The number of urea groups is 1. The van der Waals surface area contributed by atoms with Crippen LogP contribution in [0.15, 0.2) is 78.9 Å². The molecule has 0 spiro atoms. The number of rotatable bonds is 12. The number of methoxy groups -OCH3 is 1. The topological polar surface area (TPSA) is 79.9 Å². The van der Waals surface area contributed by atoms with Gasteiger partial charge in [-0.05, 0) is 55.4 Å². The van der Waals surface area contributed by atoms with Gasteiger partial charge in [-0.2, -0.15) is 0 Å². The first-order valence-electron chi connectivity index (χ1n) is 12.3. The van der Waals surface area contributed by atoms with Gasteiger partial charge in [-0.25, -0.2) is 9.59 Å². The molecule has 190 valence electrons. The summed E-state index contributed by atoms with van der Waals surface area (Å²) in [5, 5.41) is 5.66. The van der Waals surface area contributed by atoms with Crippen molar-refractivity contribution in [2.24, 2.45) is 0 Å². The lowest BCUT2D eigenvalue weighted by Gasteiger charge is -2.22. The Morgan fingerprint density at radius 3 is 2.06 bits per heavy atom. The third-order valence-electron chi connectivity index (χ3n) is 5.92. The lowest BCUT2D eigenvalue weighted by Crippen LogP contribution is -2.32. The first-order chi connectivity index (χ1) is 17.5. The number of esters is 1. The van der Waals surface area contributed by atoms with E-state index >= 15 is 0 Å². The molecule has 0 unspecified atom stereocenters. The third-order valence-corrected chi connectivity index (χ3v) is 5.92. The Morgan fingerprint density at radius 1 is 0.889 bits per heavy atom. The lowest BCUT2D eigenvalue weighted by molar-refractivity contribution is 0.0594. The highest BCUT2D eigenvalue weighted by Gasteiger charge is 2.21. The quantitative estimate of drug-likeness (QED) is 0.260. The van der Waals surface area contributed by atoms with E-state index in [4.69, 9.17) is 9.47 Å². The molecule has 0 atom stereocenters. The molecule has 0 saturated heterocycles. The fourth-order valence-corrected chi connectivity index (χ4v) is 3.91. The summed E-state index contributed by atoms with van der Waals surface area (Å²) < 4.78 is 11.4. The van der Waals surface area contributed by atoms with Crippen LogP contribution in [-0.2, 0) is 4.74 Å². The number of nitrogens with one attached hydrogen (secondary N) is 2. The molecule has 0 aliphatic rings. The van der Waals surface area contributed by atoms with Crippen LogP contribution in [0.1, 0.15) is 47.9 Å². The van der Waals surface area contributed by atoms with Gasteiger partial charge in [0.1, 0.15) is 17.4 Å². The Bertz CT molecular complexity index is 1060. The normalized spacial score (nSPS) is 10.8. The fourth-order valence-electron chi connectivity index (χ4n) is 3.91. The first kappa shape index (κ1) is 26.8. The van der Waals surface area contributed by atoms with Crippen molar-refractivity contribution in [2.45, 2.75) is 26.4 Å². The van der Waals surface area contributed by atoms with Crippen molar-refractivity contribution in [2.75, 3.05) is 38.6 Å². The average Bonchev–Trinajstić information content (AvgIpc) is 2.92. The summed E-state index contributed by atoms with van der Waals surface area (Å²) in [7, 11) is 1.32. The molecule has 0 aromatic heterocycles. The maximum atomic E-state index is 12.6. The second-order valence-electron chi connectivity index (χ2n) is 8.28. The second kappa shape index (κ2) is 13.9. The molecule has 36 heavy (non-hydrogen) atoms. The average molecular weight is 490 g/mol. The summed E-state index contributed by atoms with van der Waals surface area (Å²) in [5.41, 5.74) is 2.60. The molecular weight excluding hydrogens is 454 g/mol. The van der Waals surface area contributed by atoms with Gasteiger partial charge < -0.3 is 25.0 Å². The van der Waals surface area contributed by atoms with Crippen LogP contribution in [0.3, 0.4) is 0 Å². The molecule has 0 radical (unpaired) electrons. The predicted molar refractivity (Wildman–Crippen MR) is 143 cm³/mol. The third kappa shape index (κ3) is 7.58. The lowest BCUT2D eigenvalue weighted by atomic mass is 10.0. The minimum absolute atomic E-state index is 0.230. The SMILES string of the molecule is CCN(CC)CCCNC(=O)Nc1ccc(OC(c2ccccc2)c2ccccc2)c(C(=O)OC)c1. The summed E-state index contributed by atoms with van der Waals surface area (Å²) in [6.07, 6.45) is 0.430. The Morgan fingerprint density at radius 2 is 1.50 bits per heavy atom. The molecule has 7 heteroatoms. The van der Waals surface area contributed by atoms with Gasteiger partial charge in [0.25, 0.3) is 0 Å². The Labute approximate surface area is 213 Å². The molecular formula is C29H35N3O4. The largest absolute Gasteiger partial charge is 0.480 e. The Balaban J connectivity index is 1.75. The molecule has 0 fully saturated rings. The van der Waals surface area contributed by atoms with Crippen molar-refractivity contribution < 1.29 is 19.1 Å². The first-order valence-corrected chi connectivity index (χ1v) is 12.3. The number of hydrogen-bond donors (Lipinski definition) is 2. The van der Waals surface area contributed by atoms with Crippen molar-refractivity contribution in [3.63, 3.8) is 0 Å². The maximum Gasteiger partial charge on any atom is 0.341 e. The van der Waals surface area contributed by atoms with Gasteiger partial charge in [-0.1, -0.05) is 74.5 Å². The van der Waals surface area contributed by atoms with Crippen molar-refractivity contribution >= 4 is 17.7 Å². The summed E-state index contributed by atoms with van der Waals surface area (Å²) in [4.78, 5) is 27.3. The van der Waals surface area contributed by atoms with E-state index in [2.05, 4.69) is 29.4 Å². The molecule has 3 rings (SSSR count). The highest BCUT2D eigenvalue weighted by atomic mass is 16.5. The van der Waals surface area contributed by atoms with Crippen LogP contribution in [0.4, 0.5) is 10.5 Å². The van der Waals surface area contributed by atoms with Gasteiger partial charge in [0, 0.05) is 12.2 Å². The molecule has 7 nitrogen and oxygen atoms in total. The van der Waals surface area contributed by atoms with E-state index in [1.165, 1.54) is 7.11 Å². The van der Waals surface area contributed by atoms with E-state index in [9.17, 15) is 9.59 Å². The van der Waals surface area contributed by atoms with Crippen molar-refractivity contribution in [1.82, 2.24) is 10.2 Å². The second-order valence-corrected chi connectivity index (χ2v) is 8.28. The van der Waals surface area contributed by atoms with Gasteiger partial charge in [0.2, 0.25) is 0 Å². The smallest absolute Gasteiger partial charge is 0.341 e. The number of carbonyl (C=O) groups is 2. The van der Waals surface area contributed by atoms with E-state index in [0.29, 0.717) is 18.0 Å². The van der Waals surface area contributed by atoms with E-state index in [0.717, 1.165) is 37.2 Å². The molecule has 3 aromatic rings. The summed E-state index contributed by atoms with van der Waals surface area (Å²) >= 11 is 0. The molecule has 0 bridgehead atoms. The highest BCUT2D eigenvalue weighted by Crippen LogP contribution is 2.32. The number of hydrogen-bond acceptors (Lipinski definition) is 5. The fraction of sp³-hybridized carbons (Fsp3) is 0.310. The number of amides is 2. The number of nitrogens with zero attached hydrogens (tertiary/aromatic N) is 1. The monoisotopic (exact) mass is 489 g/mol. The zero-order valence-corrected chi connectivity index (χ0v) is 21.2. The van der Waals surface area contributed by atoms with Gasteiger partial charge in [-0.15, -0.1) is 0 Å². The highest BCUT2D eigenvalue weighted by molar-refractivity contribution is 5.96. The van der Waals surface area contributed by atoms with Gasteiger partial charge in [0.15, 0.2) is 0 Å². The number of carbonyl (C=O) groups excluding carboxylic acids is 2. The van der Waals surface area contributed by atoms with Gasteiger partial charge in [-0.3, -0.25) is 0 Å². The predicted octanol–water partition coefficient (Wildman–Crippen LogP) is 5.50. The number of anilines is 1. The summed E-state index contributed by atoms with van der Waals surface area (Å²) in [6.45, 7) is 7.71. The molecule has 2 N–H and O–H groups in total. The van der Waals surface area contributed by atoms with E-state index in [1.54, 1.807) is 18.2 Å². The molecule has 2 amide bonds. The molecule has 3 aromatic carbocycles. The summed E-state index contributed by atoms with van der Waals surface area (Å²) in [6, 6.07) is 24.2. The molecule has 0 heterocycles. The van der Waals surface area contributed by atoms with Crippen molar-refractivity contribution in [3.05, 3.63) is 95.6 Å². The van der Waals surface area contributed by atoms with E-state index in [1.807, 2.05) is 60.7 Å². The van der Waals surface area contributed by atoms with Crippen LogP contribution in [-0.4, -0.2) is 50.2 Å². The van der Waals surface area contributed by atoms with Crippen LogP contribution in [0, 0.1) is 0 Å². The maximum absolute atomic E-state index is 12.6. The molecule has 0 aliphatic carbocycles. The molecule has 0 aliphatic heterocycles. The van der Waals surface area contributed by atoms with Gasteiger partial charge in [0.05, 0.1) is 7.11 Å². The van der Waals surface area contributed by atoms with Crippen LogP contribution in [0.5, 0.6) is 5.75 Å².